The fraction of sp³-hybridized carbons (Fsp3) is 0.222. The monoisotopic (exact) mass is 639 g/mol. The number of aliphatic carboxylic acids is 1. The van der Waals surface area contributed by atoms with Gasteiger partial charge in [0.25, 0.3) is 5.91 Å². The zero-order valence-electron chi connectivity index (χ0n) is 25.2. The number of amides is 2. The number of aromatic nitrogens is 1. The molecule has 0 saturated heterocycles. The standard InChI is InChI=1S/C36H34ClN3O6/c1-22(33(34(38)43)26-16-15-24-7-2-3-8-25(24)19-26)46-36(45)30(10-6-12-32(41)42)39-35(44)29-21-40(31-11-5-4-9-28(29)31)20-23-13-17-27(37)18-14-23/h2-5,7-9,11,13-19,21-22,30,33H,6,10,12,20H2,1H3,(H2,38,43)(H,39,44)(H,41,42)/t22-,30-,33?/m0/s1. The van der Waals surface area contributed by atoms with Gasteiger partial charge in [0.15, 0.2) is 0 Å². The maximum atomic E-state index is 13.7. The summed E-state index contributed by atoms with van der Waals surface area (Å²) >= 11 is 6.05. The molecule has 0 saturated carbocycles. The summed E-state index contributed by atoms with van der Waals surface area (Å²) in [5.74, 6) is -3.95. The number of esters is 1. The number of hydrogen-bond donors (Lipinski definition) is 3. The largest absolute Gasteiger partial charge is 0.481 e. The number of primary amides is 1. The Bertz CT molecular complexity index is 1900. The predicted molar refractivity (Wildman–Crippen MR) is 177 cm³/mol. The Morgan fingerprint density at radius 1 is 0.935 bits per heavy atom. The van der Waals surface area contributed by atoms with Crippen LogP contribution in [0.3, 0.4) is 0 Å². The van der Waals surface area contributed by atoms with E-state index in [4.69, 9.17) is 22.1 Å². The maximum absolute atomic E-state index is 13.7. The number of rotatable bonds is 13. The van der Waals surface area contributed by atoms with Crippen molar-refractivity contribution >= 4 is 57.0 Å². The minimum Gasteiger partial charge on any atom is -0.481 e. The third-order valence-corrected chi connectivity index (χ3v) is 8.24. The van der Waals surface area contributed by atoms with Crippen molar-refractivity contribution in [1.82, 2.24) is 9.88 Å². The van der Waals surface area contributed by atoms with Gasteiger partial charge in [-0.1, -0.05) is 84.4 Å². The smallest absolute Gasteiger partial charge is 0.328 e. The first-order valence-electron chi connectivity index (χ1n) is 14.9. The highest BCUT2D eigenvalue weighted by Crippen LogP contribution is 2.27. The summed E-state index contributed by atoms with van der Waals surface area (Å²) in [6.45, 7) is 2.05. The molecular weight excluding hydrogens is 606 g/mol. The number of para-hydroxylation sites is 1. The SMILES string of the molecule is C[C@H](OC(=O)[C@H](CCCC(=O)O)NC(=O)c1cn(Cc2ccc(Cl)cc2)c2ccccc12)C(C(N)=O)c1ccc2ccccc2c1. The Morgan fingerprint density at radius 3 is 2.35 bits per heavy atom. The van der Waals surface area contributed by atoms with Crippen LogP contribution in [0.15, 0.2) is 97.2 Å². The number of carboxylic acid groups (broad SMARTS) is 1. The lowest BCUT2D eigenvalue weighted by atomic mass is 9.91. The summed E-state index contributed by atoms with van der Waals surface area (Å²) in [6, 6.07) is 26.8. The number of halogens is 1. The molecule has 0 fully saturated rings. The summed E-state index contributed by atoms with van der Waals surface area (Å²) in [4.78, 5) is 51.1. The third kappa shape index (κ3) is 7.55. The number of hydrogen-bond acceptors (Lipinski definition) is 5. The van der Waals surface area contributed by atoms with E-state index in [1.54, 1.807) is 31.3 Å². The molecule has 0 aliphatic heterocycles. The summed E-state index contributed by atoms with van der Waals surface area (Å²) in [6.07, 6.45) is 0.693. The maximum Gasteiger partial charge on any atom is 0.328 e. The van der Waals surface area contributed by atoms with Crippen LogP contribution in [0.4, 0.5) is 0 Å². The fourth-order valence-electron chi connectivity index (χ4n) is 5.69. The van der Waals surface area contributed by atoms with Crippen LogP contribution in [0.25, 0.3) is 21.7 Å². The average molecular weight is 640 g/mol. The van der Waals surface area contributed by atoms with Gasteiger partial charge in [-0.15, -0.1) is 0 Å². The van der Waals surface area contributed by atoms with Gasteiger partial charge in [-0.25, -0.2) is 4.79 Å². The summed E-state index contributed by atoms with van der Waals surface area (Å²) in [5, 5.41) is 15.2. The number of carbonyl (C=O) groups excluding carboxylic acids is 3. The summed E-state index contributed by atoms with van der Waals surface area (Å²) in [5.41, 5.74) is 8.52. The molecule has 46 heavy (non-hydrogen) atoms. The number of nitrogens with two attached hydrogens (primary N) is 1. The molecule has 3 atom stereocenters. The van der Waals surface area contributed by atoms with Gasteiger partial charge in [-0.05, 0) is 59.9 Å². The molecule has 0 spiro atoms. The minimum atomic E-state index is -1.17. The van der Waals surface area contributed by atoms with Crippen molar-refractivity contribution < 1.29 is 29.0 Å². The highest BCUT2D eigenvalue weighted by molar-refractivity contribution is 6.30. The van der Waals surface area contributed by atoms with E-state index in [-0.39, 0.29) is 19.3 Å². The van der Waals surface area contributed by atoms with Crippen molar-refractivity contribution in [2.45, 2.75) is 50.8 Å². The molecule has 9 nitrogen and oxygen atoms in total. The van der Waals surface area contributed by atoms with E-state index in [1.165, 1.54) is 0 Å². The molecule has 10 heteroatoms. The van der Waals surface area contributed by atoms with Crippen molar-refractivity contribution in [1.29, 1.82) is 0 Å². The van der Waals surface area contributed by atoms with Gasteiger partial charge in [0, 0.05) is 35.1 Å². The van der Waals surface area contributed by atoms with Crippen LogP contribution in [0, 0.1) is 0 Å². The van der Waals surface area contributed by atoms with Crippen LogP contribution in [-0.2, 0) is 25.7 Å². The van der Waals surface area contributed by atoms with Crippen molar-refractivity contribution in [3.63, 3.8) is 0 Å². The summed E-state index contributed by atoms with van der Waals surface area (Å²) < 4.78 is 7.70. The Morgan fingerprint density at radius 2 is 1.63 bits per heavy atom. The molecule has 5 rings (SSSR count). The number of carbonyl (C=O) groups is 4. The van der Waals surface area contributed by atoms with E-state index in [9.17, 15) is 24.3 Å². The molecule has 5 aromatic rings. The van der Waals surface area contributed by atoms with Gasteiger partial charge in [0.05, 0.1) is 11.5 Å². The molecule has 0 aliphatic carbocycles. The zero-order valence-corrected chi connectivity index (χ0v) is 25.9. The molecule has 0 radical (unpaired) electrons. The van der Waals surface area contributed by atoms with Gasteiger partial charge >= 0.3 is 11.9 Å². The average Bonchev–Trinajstić information content (AvgIpc) is 3.39. The van der Waals surface area contributed by atoms with Crippen molar-refractivity contribution in [2.24, 2.45) is 5.73 Å². The van der Waals surface area contributed by atoms with Crippen LogP contribution in [0.2, 0.25) is 5.02 Å². The lowest BCUT2D eigenvalue weighted by Gasteiger charge is -2.25. The Labute approximate surface area is 270 Å². The van der Waals surface area contributed by atoms with E-state index < -0.39 is 41.8 Å². The number of fused-ring (bicyclic) bond motifs is 2. The highest BCUT2D eigenvalue weighted by atomic mass is 35.5. The van der Waals surface area contributed by atoms with E-state index in [0.717, 1.165) is 21.9 Å². The van der Waals surface area contributed by atoms with Crippen LogP contribution in [-0.4, -0.2) is 45.6 Å². The molecule has 2 amide bonds. The number of ether oxygens (including phenoxy) is 1. The van der Waals surface area contributed by atoms with Crippen LogP contribution >= 0.6 is 11.6 Å². The molecule has 1 heterocycles. The van der Waals surface area contributed by atoms with Gasteiger partial charge in [0.2, 0.25) is 5.91 Å². The number of benzene rings is 4. The molecule has 1 unspecified atom stereocenters. The first-order chi connectivity index (χ1) is 22.1. The predicted octanol–water partition coefficient (Wildman–Crippen LogP) is 6.05. The Kier molecular flexibility index (Phi) is 10.0. The first-order valence-corrected chi connectivity index (χ1v) is 15.3. The number of nitrogens with one attached hydrogen (secondary N) is 1. The lowest BCUT2D eigenvalue weighted by molar-refractivity contribution is -0.153. The normalized spacial score (nSPS) is 13.2. The summed E-state index contributed by atoms with van der Waals surface area (Å²) in [7, 11) is 0. The van der Waals surface area contributed by atoms with Crippen LogP contribution in [0.1, 0.15) is 53.6 Å². The first kappa shape index (κ1) is 32.2. The zero-order chi connectivity index (χ0) is 32.8. The van der Waals surface area contributed by atoms with Crippen molar-refractivity contribution in [3.8, 4) is 0 Å². The van der Waals surface area contributed by atoms with Gasteiger partial charge < -0.3 is 25.5 Å². The second-order valence-corrected chi connectivity index (χ2v) is 11.7. The molecule has 0 aliphatic rings. The molecule has 4 aromatic carbocycles. The second-order valence-electron chi connectivity index (χ2n) is 11.3. The third-order valence-electron chi connectivity index (χ3n) is 7.98. The van der Waals surface area contributed by atoms with E-state index >= 15 is 0 Å². The molecule has 236 valence electrons. The van der Waals surface area contributed by atoms with E-state index in [1.807, 2.05) is 77.4 Å². The van der Waals surface area contributed by atoms with Gasteiger partial charge in [0.1, 0.15) is 12.1 Å². The van der Waals surface area contributed by atoms with Gasteiger partial charge in [-0.3, -0.25) is 14.4 Å². The lowest BCUT2D eigenvalue weighted by Crippen LogP contribution is -2.44. The van der Waals surface area contributed by atoms with Crippen molar-refractivity contribution in [2.75, 3.05) is 0 Å². The number of nitrogens with zero attached hydrogens (tertiary/aromatic N) is 1. The topological polar surface area (TPSA) is 141 Å². The quantitative estimate of drug-likeness (QED) is 0.134. The molecule has 4 N–H and O–H groups in total. The minimum absolute atomic E-state index is 0.0181. The number of carboxylic acids is 1. The van der Waals surface area contributed by atoms with Crippen LogP contribution in [0.5, 0.6) is 0 Å². The molecular formula is C36H34ClN3O6. The van der Waals surface area contributed by atoms with E-state index in [2.05, 4.69) is 5.32 Å². The highest BCUT2D eigenvalue weighted by Gasteiger charge is 2.32. The molecule has 1 aromatic heterocycles. The second kappa shape index (κ2) is 14.3. The fourth-order valence-corrected chi connectivity index (χ4v) is 5.81. The Hall–Kier alpha value is -5.15. The Balaban J connectivity index is 1.37. The van der Waals surface area contributed by atoms with Gasteiger partial charge in [-0.2, -0.15) is 0 Å². The van der Waals surface area contributed by atoms with E-state index in [0.29, 0.717) is 28.1 Å². The van der Waals surface area contributed by atoms with Crippen molar-refractivity contribution in [3.05, 3.63) is 119 Å². The van der Waals surface area contributed by atoms with Crippen LogP contribution < -0.4 is 11.1 Å². The molecule has 0 bridgehead atoms.